The van der Waals surface area contributed by atoms with Crippen LogP contribution in [0.1, 0.15) is 16.8 Å². The summed E-state index contributed by atoms with van der Waals surface area (Å²) in [6.07, 6.45) is 2.78. The highest BCUT2D eigenvalue weighted by atomic mass is 35.5. The van der Waals surface area contributed by atoms with Gasteiger partial charge in [0.1, 0.15) is 0 Å². The lowest BCUT2D eigenvalue weighted by atomic mass is 10.1. The Kier molecular flexibility index (Phi) is 5.20. The predicted molar refractivity (Wildman–Crippen MR) is 103 cm³/mol. The summed E-state index contributed by atoms with van der Waals surface area (Å²) in [6, 6.07) is 11.8. The van der Waals surface area contributed by atoms with Gasteiger partial charge in [-0.3, -0.25) is 14.7 Å². The number of nitrogens with one attached hydrogen (secondary N) is 1. The number of benzene rings is 1. The third kappa shape index (κ3) is 3.61. The first-order valence-corrected chi connectivity index (χ1v) is 9.55. The molecule has 2 aliphatic rings. The van der Waals surface area contributed by atoms with E-state index < -0.39 is 0 Å². The minimum absolute atomic E-state index is 0.0189. The van der Waals surface area contributed by atoms with Gasteiger partial charge >= 0.3 is 0 Å². The zero-order valence-electron chi connectivity index (χ0n) is 14.7. The quantitative estimate of drug-likeness (QED) is 0.902. The van der Waals surface area contributed by atoms with Gasteiger partial charge in [-0.25, -0.2) is 0 Å². The topological polar surface area (TPSA) is 48.5 Å². The fourth-order valence-corrected chi connectivity index (χ4v) is 4.02. The molecule has 0 spiro atoms. The maximum atomic E-state index is 13.1. The molecule has 3 heterocycles. The van der Waals surface area contributed by atoms with Crippen LogP contribution < -0.4 is 5.32 Å². The maximum Gasteiger partial charge on any atom is 0.255 e. The molecule has 26 heavy (non-hydrogen) atoms. The van der Waals surface area contributed by atoms with Crippen LogP contribution in [0, 0.1) is 0 Å². The molecule has 5 nitrogen and oxygen atoms in total. The van der Waals surface area contributed by atoms with E-state index in [4.69, 9.17) is 11.6 Å². The second-order valence-electron chi connectivity index (χ2n) is 6.89. The average Bonchev–Trinajstić information content (AvgIpc) is 3.19. The average molecular weight is 371 g/mol. The number of amides is 1. The molecule has 2 saturated heterocycles. The van der Waals surface area contributed by atoms with Crippen LogP contribution in [0.5, 0.6) is 0 Å². The van der Waals surface area contributed by atoms with Crippen LogP contribution in [0.3, 0.4) is 0 Å². The van der Waals surface area contributed by atoms with Crippen molar-refractivity contribution in [1.29, 1.82) is 0 Å². The van der Waals surface area contributed by atoms with E-state index in [0.717, 1.165) is 56.9 Å². The summed E-state index contributed by atoms with van der Waals surface area (Å²) in [6.45, 7) is 5.75. The molecule has 2 aromatic rings. The Morgan fingerprint density at radius 3 is 2.77 bits per heavy atom. The molecule has 1 aromatic heterocycles. The number of hydrogen-bond acceptors (Lipinski definition) is 4. The molecule has 0 aliphatic carbocycles. The van der Waals surface area contributed by atoms with Crippen molar-refractivity contribution < 1.29 is 4.79 Å². The third-order valence-corrected chi connectivity index (χ3v) is 5.61. The highest BCUT2D eigenvalue weighted by Crippen LogP contribution is 2.27. The van der Waals surface area contributed by atoms with Crippen LogP contribution in [0.25, 0.3) is 11.3 Å². The Labute approximate surface area is 159 Å². The Hall–Kier alpha value is -1.95. The van der Waals surface area contributed by atoms with Crippen LogP contribution in [0.15, 0.2) is 42.6 Å². The van der Waals surface area contributed by atoms with Crippen molar-refractivity contribution in [2.75, 3.05) is 39.3 Å². The Morgan fingerprint density at radius 2 is 2.00 bits per heavy atom. The molecule has 1 N–H and O–H groups in total. The standard InChI is InChI=1S/C20H23ClN4O/c21-18-5-4-15(19-3-1-2-7-23-19)13-17(18)20(26)25-10-6-16(14-25)24-11-8-22-9-12-24/h1-5,7,13,16,22H,6,8-12,14H2. The molecule has 4 rings (SSSR count). The molecule has 0 saturated carbocycles. The molecule has 0 radical (unpaired) electrons. The van der Waals surface area contributed by atoms with Gasteiger partial charge in [0, 0.05) is 57.1 Å². The van der Waals surface area contributed by atoms with Gasteiger partial charge < -0.3 is 10.2 Å². The van der Waals surface area contributed by atoms with Crippen molar-refractivity contribution in [1.82, 2.24) is 20.1 Å². The van der Waals surface area contributed by atoms with Gasteiger partial charge in [0.25, 0.3) is 5.91 Å². The van der Waals surface area contributed by atoms with E-state index in [1.54, 1.807) is 12.3 Å². The molecule has 2 fully saturated rings. The molecule has 1 aromatic carbocycles. The van der Waals surface area contributed by atoms with Gasteiger partial charge in [0.05, 0.1) is 16.3 Å². The number of aromatic nitrogens is 1. The molecule has 1 atom stereocenters. The molecule has 1 unspecified atom stereocenters. The normalized spacial score (nSPS) is 21.1. The zero-order valence-corrected chi connectivity index (χ0v) is 15.5. The van der Waals surface area contributed by atoms with Crippen molar-refractivity contribution in [3.05, 3.63) is 53.2 Å². The number of likely N-dealkylation sites (tertiary alicyclic amines) is 1. The van der Waals surface area contributed by atoms with E-state index in [2.05, 4.69) is 15.2 Å². The number of carbonyl (C=O) groups is 1. The number of piperazine rings is 1. The number of hydrogen-bond donors (Lipinski definition) is 1. The van der Waals surface area contributed by atoms with E-state index in [0.29, 0.717) is 16.6 Å². The van der Waals surface area contributed by atoms with E-state index in [1.807, 2.05) is 35.2 Å². The summed E-state index contributed by atoms with van der Waals surface area (Å²) in [5, 5.41) is 3.88. The Balaban J connectivity index is 1.51. The minimum atomic E-state index is 0.0189. The van der Waals surface area contributed by atoms with Crippen LogP contribution in [-0.2, 0) is 0 Å². The van der Waals surface area contributed by atoms with E-state index >= 15 is 0 Å². The monoisotopic (exact) mass is 370 g/mol. The Bertz CT molecular complexity index is 777. The number of carbonyl (C=O) groups excluding carboxylic acids is 1. The minimum Gasteiger partial charge on any atom is -0.337 e. The highest BCUT2D eigenvalue weighted by Gasteiger charge is 2.32. The maximum absolute atomic E-state index is 13.1. The molecular weight excluding hydrogens is 348 g/mol. The Morgan fingerprint density at radius 1 is 1.15 bits per heavy atom. The lowest BCUT2D eigenvalue weighted by molar-refractivity contribution is 0.0773. The van der Waals surface area contributed by atoms with E-state index in [-0.39, 0.29) is 5.91 Å². The van der Waals surface area contributed by atoms with Gasteiger partial charge in [-0.2, -0.15) is 0 Å². The third-order valence-electron chi connectivity index (χ3n) is 5.28. The summed E-state index contributed by atoms with van der Waals surface area (Å²) in [5.74, 6) is 0.0189. The number of halogens is 1. The summed E-state index contributed by atoms with van der Waals surface area (Å²) >= 11 is 6.36. The van der Waals surface area contributed by atoms with E-state index in [9.17, 15) is 4.79 Å². The highest BCUT2D eigenvalue weighted by molar-refractivity contribution is 6.34. The second kappa shape index (κ2) is 7.74. The van der Waals surface area contributed by atoms with Crippen molar-refractivity contribution in [3.8, 4) is 11.3 Å². The fourth-order valence-electron chi connectivity index (χ4n) is 3.82. The molecule has 0 bridgehead atoms. The first kappa shape index (κ1) is 17.5. The summed E-state index contributed by atoms with van der Waals surface area (Å²) in [5.41, 5.74) is 2.32. The molecule has 1 amide bonds. The molecular formula is C20H23ClN4O. The van der Waals surface area contributed by atoms with Crippen LogP contribution in [-0.4, -0.2) is 66.0 Å². The summed E-state index contributed by atoms with van der Waals surface area (Å²) in [7, 11) is 0. The smallest absolute Gasteiger partial charge is 0.255 e. The SMILES string of the molecule is O=C(c1cc(-c2ccccn2)ccc1Cl)N1CCC(N2CCNCC2)C1. The molecule has 136 valence electrons. The number of nitrogens with zero attached hydrogens (tertiary/aromatic N) is 3. The van der Waals surface area contributed by atoms with E-state index in [1.165, 1.54) is 0 Å². The van der Waals surface area contributed by atoms with Gasteiger partial charge in [0.15, 0.2) is 0 Å². The number of rotatable bonds is 3. The van der Waals surface area contributed by atoms with Crippen molar-refractivity contribution >= 4 is 17.5 Å². The first-order chi connectivity index (χ1) is 12.7. The number of pyridine rings is 1. The van der Waals surface area contributed by atoms with Crippen molar-refractivity contribution in [3.63, 3.8) is 0 Å². The zero-order chi connectivity index (χ0) is 17.9. The largest absolute Gasteiger partial charge is 0.337 e. The van der Waals surface area contributed by atoms with Crippen molar-refractivity contribution in [2.45, 2.75) is 12.5 Å². The van der Waals surface area contributed by atoms with Crippen molar-refractivity contribution in [2.24, 2.45) is 0 Å². The van der Waals surface area contributed by atoms with Crippen LogP contribution >= 0.6 is 11.6 Å². The van der Waals surface area contributed by atoms with Crippen LogP contribution in [0.4, 0.5) is 0 Å². The van der Waals surface area contributed by atoms with Crippen LogP contribution in [0.2, 0.25) is 5.02 Å². The van der Waals surface area contributed by atoms with Gasteiger partial charge in [0.2, 0.25) is 0 Å². The summed E-state index contributed by atoms with van der Waals surface area (Å²) in [4.78, 5) is 21.9. The van der Waals surface area contributed by atoms with Gasteiger partial charge in [-0.1, -0.05) is 23.7 Å². The molecule has 6 heteroatoms. The van der Waals surface area contributed by atoms with Gasteiger partial charge in [-0.05, 0) is 30.7 Å². The first-order valence-electron chi connectivity index (χ1n) is 9.17. The fraction of sp³-hybridized carbons (Fsp3) is 0.400. The predicted octanol–water partition coefficient (Wildman–Crippen LogP) is 2.52. The lowest BCUT2D eigenvalue weighted by Crippen LogP contribution is -2.49. The summed E-state index contributed by atoms with van der Waals surface area (Å²) < 4.78 is 0. The second-order valence-corrected chi connectivity index (χ2v) is 7.30. The molecule has 2 aliphatic heterocycles. The lowest BCUT2D eigenvalue weighted by Gasteiger charge is -2.32. The van der Waals surface area contributed by atoms with Gasteiger partial charge in [-0.15, -0.1) is 0 Å².